The SMILES string of the molecule is C=CCn1c(SCc2nc(-c3cccc(Cl)c3)no2)nc2sc(C)c(C)c2c1=O. The molecule has 6 nitrogen and oxygen atoms in total. The van der Waals surface area contributed by atoms with Crippen molar-refractivity contribution < 1.29 is 4.52 Å². The van der Waals surface area contributed by atoms with Gasteiger partial charge in [-0.1, -0.05) is 46.7 Å². The monoisotopic (exact) mass is 444 g/mol. The molecule has 0 saturated carbocycles. The summed E-state index contributed by atoms with van der Waals surface area (Å²) >= 11 is 8.94. The average molecular weight is 445 g/mol. The van der Waals surface area contributed by atoms with Gasteiger partial charge in [0.25, 0.3) is 5.56 Å². The zero-order chi connectivity index (χ0) is 20.5. The van der Waals surface area contributed by atoms with Crippen LogP contribution in [0.1, 0.15) is 16.3 Å². The first-order chi connectivity index (χ1) is 14.0. The van der Waals surface area contributed by atoms with Gasteiger partial charge in [-0.25, -0.2) is 4.98 Å². The Morgan fingerprint density at radius 3 is 2.93 bits per heavy atom. The van der Waals surface area contributed by atoms with Crippen LogP contribution in [0.25, 0.3) is 21.6 Å². The fourth-order valence-corrected chi connectivity index (χ4v) is 5.00. The summed E-state index contributed by atoms with van der Waals surface area (Å²) in [7, 11) is 0. The molecule has 0 N–H and O–H groups in total. The molecule has 4 rings (SSSR count). The Balaban J connectivity index is 1.64. The lowest BCUT2D eigenvalue weighted by atomic mass is 10.2. The number of aryl methyl sites for hydroxylation is 2. The van der Waals surface area contributed by atoms with Crippen molar-refractivity contribution in [1.82, 2.24) is 19.7 Å². The molecule has 9 heteroatoms. The van der Waals surface area contributed by atoms with Crippen LogP contribution < -0.4 is 5.56 Å². The minimum atomic E-state index is -0.0515. The van der Waals surface area contributed by atoms with Crippen LogP contribution in [-0.4, -0.2) is 19.7 Å². The highest BCUT2D eigenvalue weighted by Gasteiger charge is 2.17. The molecular weight excluding hydrogens is 428 g/mol. The fourth-order valence-electron chi connectivity index (χ4n) is 2.89. The predicted octanol–water partition coefficient (Wildman–Crippen LogP) is 5.26. The summed E-state index contributed by atoms with van der Waals surface area (Å²) in [4.78, 5) is 24.0. The van der Waals surface area contributed by atoms with Crippen molar-refractivity contribution in [2.75, 3.05) is 0 Å². The molecule has 0 radical (unpaired) electrons. The molecule has 0 unspecified atom stereocenters. The second kappa shape index (κ2) is 8.14. The summed E-state index contributed by atoms with van der Waals surface area (Å²) in [5.74, 6) is 1.31. The third-order valence-electron chi connectivity index (χ3n) is 4.44. The van der Waals surface area contributed by atoms with Crippen molar-refractivity contribution in [3.63, 3.8) is 0 Å². The van der Waals surface area contributed by atoms with E-state index in [9.17, 15) is 4.79 Å². The van der Waals surface area contributed by atoms with Crippen molar-refractivity contribution in [2.45, 2.75) is 31.3 Å². The predicted molar refractivity (Wildman–Crippen MR) is 118 cm³/mol. The number of allylic oxidation sites excluding steroid dienone is 1. The highest BCUT2D eigenvalue weighted by Crippen LogP contribution is 2.29. The molecular formula is C20H17ClN4O2S2. The van der Waals surface area contributed by atoms with E-state index in [1.165, 1.54) is 23.1 Å². The lowest BCUT2D eigenvalue weighted by molar-refractivity contribution is 0.391. The molecule has 29 heavy (non-hydrogen) atoms. The number of benzene rings is 1. The Bertz CT molecular complexity index is 1280. The van der Waals surface area contributed by atoms with Gasteiger partial charge in [0.05, 0.1) is 11.1 Å². The first-order valence-corrected chi connectivity index (χ1v) is 11.0. The number of halogens is 1. The van der Waals surface area contributed by atoms with Crippen LogP contribution in [-0.2, 0) is 12.3 Å². The van der Waals surface area contributed by atoms with Crippen molar-refractivity contribution in [3.05, 3.63) is 68.6 Å². The van der Waals surface area contributed by atoms with E-state index in [4.69, 9.17) is 21.1 Å². The van der Waals surface area contributed by atoms with Crippen molar-refractivity contribution in [1.29, 1.82) is 0 Å². The number of aromatic nitrogens is 4. The van der Waals surface area contributed by atoms with Crippen LogP contribution in [0.15, 0.2) is 51.4 Å². The first kappa shape index (κ1) is 19.9. The van der Waals surface area contributed by atoms with Gasteiger partial charge < -0.3 is 4.52 Å². The van der Waals surface area contributed by atoms with Gasteiger partial charge in [-0.3, -0.25) is 9.36 Å². The van der Waals surface area contributed by atoms with Crippen LogP contribution in [0.3, 0.4) is 0 Å². The number of fused-ring (bicyclic) bond motifs is 1. The molecule has 3 heterocycles. The van der Waals surface area contributed by atoms with Gasteiger partial charge in [0.2, 0.25) is 11.7 Å². The molecule has 1 aromatic carbocycles. The number of nitrogens with zero attached hydrogens (tertiary/aromatic N) is 4. The summed E-state index contributed by atoms with van der Waals surface area (Å²) in [6.07, 6.45) is 1.69. The Morgan fingerprint density at radius 2 is 2.17 bits per heavy atom. The fraction of sp³-hybridized carbons (Fsp3) is 0.200. The maximum absolute atomic E-state index is 13.0. The maximum atomic E-state index is 13.0. The van der Waals surface area contributed by atoms with E-state index < -0.39 is 0 Å². The highest BCUT2D eigenvalue weighted by molar-refractivity contribution is 7.98. The van der Waals surface area contributed by atoms with E-state index in [0.29, 0.717) is 39.6 Å². The van der Waals surface area contributed by atoms with E-state index in [2.05, 4.69) is 16.7 Å². The zero-order valence-corrected chi connectivity index (χ0v) is 18.2. The summed E-state index contributed by atoms with van der Waals surface area (Å²) in [5.41, 5.74) is 1.72. The third-order valence-corrected chi connectivity index (χ3v) is 6.74. The Morgan fingerprint density at radius 1 is 1.34 bits per heavy atom. The summed E-state index contributed by atoms with van der Waals surface area (Å²) in [6, 6.07) is 7.27. The zero-order valence-electron chi connectivity index (χ0n) is 15.8. The average Bonchev–Trinajstić information content (AvgIpc) is 3.28. The second-order valence-corrected chi connectivity index (χ2v) is 8.96. The molecule has 0 saturated heterocycles. The van der Waals surface area contributed by atoms with Crippen molar-refractivity contribution >= 4 is 44.9 Å². The van der Waals surface area contributed by atoms with Gasteiger partial charge in [0.15, 0.2) is 5.16 Å². The molecule has 148 valence electrons. The van der Waals surface area contributed by atoms with Crippen LogP contribution >= 0.6 is 34.7 Å². The van der Waals surface area contributed by atoms with E-state index in [-0.39, 0.29) is 5.56 Å². The van der Waals surface area contributed by atoms with Crippen LogP contribution in [0.5, 0.6) is 0 Å². The molecule has 3 aromatic heterocycles. The molecule has 0 amide bonds. The van der Waals surface area contributed by atoms with Crippen LogP contribution in [0.2, 0.25) is 5.02 Å². The summed E-state index contributed by atoms with van der Waals surface area (Å²) < 4.78 is 7.00. The molecule has 0 aliphatic heterocycles. The Hall–Kier alpha value is -2.42. The number of hydrogen-bond acceptors (Lipinski definition) is 7. The summed E-state index contributed by atoms with van der Waals surface area (Å²) in [6.45, 7) is 8.11. The van der Waals surface area contributed by atoms with Gasteiger partial charge in [-0.05, 0) is 31.5 Å². The lowest BCUT2D eigenvalue weighted by Crippen LogP contribution is -2.22. The molecule has 0 aliphatic rings. The van der Waals surface area contributed by atoms with Gasteiger partial charge in [0, 0.05) is 22.0 Å². The highest BCUT2D eigenvalue weighted by atomic mass is 35.5. The standard InChI is InChI=1S/C20H17ClN4O2S2/c1-4-8-25-19(26)16-11(2)12(3)29-18(16)23-20(25)28-10-15-22-17(24-27-15)13-6-5-7-14(21)9-13/h4-7,9H,1,8,10H2,2-3H3. The van der Waals surface area contributed by atoms with Gasteiger partial charge >= 0.3 is 0 Å². The molecule has 0 atom stereocenters. The number of rotatable bonds is 6. The third kappa shape index (κ3) is 3.88. The smallest absolute Gasteiger partial charge is 0.263 e. The number of thioether (sulfide) groups is 1. The van der Waals surface area contributed by atoms with Crippen LogP contribution in [0, 0.1) is 13.8 Å². The minimum absolute atomic E-state index is 0.0515. The van der Waals surface area contributed by atoms with Gasteiger partial charge in [-0.15, -0.1) is 17.9 Å². The topological polar surface area (TPSA) is 73.8 Å². The molecule has 0 bridgehead atoms. The minimum Gasteiger partial charge on any atom is -0.338 e. The van der Waals surface area contributed by atoms with Gasteiger partial charge in [-0.2, -0.15) is 4.98 Å². The van der Waals surface area contributed by atoms with Crippen LogP contribution in [0.4, 0.5) is 0 Å². The quantitative estimate of drug-likeness (QED) is 0.229. The lowest BCUT2D eigenvalue weighted by Gasteiger charge is -2.09. The Labute approximate surface area is 180 Å². The van der Waals surface area contributed by atoms with Gasteiger partial charge in [0.1, 0.15) is 4.83 Å². The van der Waals surface area contributed by atoms with E-state index >= 15 is 0 Å². The van der Waals surface area contributed by atoms with Crippen molar-refractivity contribution in [2.24, 2.45) is 0 Å². The van der Waals surface area contributed by atoms with E-state index in [0.717, 1.165) is 20.8 Å². The molecule has 4 aromatic rings. The maximum Gasteiger partial charge on any atom is 0.263 e. The Kier molecular flexibility index (Phi) is 5.58. The normalized spacial score (nSPS) is 11.3. The molecule has 0 aliphatic carbocycles. The number of hydrogen-bond donors (Lipinski definition) is 0. The number of thiophene rings is 1. The largest absolute Gasteiger partial charge is 0.338 e. The molecule has 0 spiro atoms. The second-order valence-electron chi connectivity index (χ2n) is 6.37. The van der Waals surface area contributed by atoms with E-state index in [1.54, 1.807) is 22.8 Å². The van der Waals surface area contributed by atoms with E-state index in [1.807, 2.05) is 26.0 Å². The molecule has 0 fully saturated rings. The van der Waals surface area contributed by atoms with Crippen molar-refractivity contribution in [3.8, 4) is 11.4 Å². The summed E-state index contributed by atoms with van der Waals surface area (Å²) in [5, 5.41) is 5.91. The first-order valence-electron chi connectivity index (χ1n) is 8.80.